The van der Waals surface area contributed by atoms with Gasteiger partial charge in [0.2, 0.25) is 0 Å². The zero-order valence-electron chi connectivity index (χ0n) is 13.5. The van der Waals surface area contributed by atoms with E-state index in [2.05, 4.69) is 22.4 Å². The summed E-state index contributed by atoms with van der Waals surface area (Å²) < 4.78 is 0. The molecule has 0 bridgehead atoms. The maximum Gasteiger partial charge on any atom is 0.250 e. The number of benzene rings is 2. The number of carbonyl (C=O) groups is 1. The van der Waals surface area contributed by atoms with E-state index < -0.39 is 5.91 Å². The highest BCUT2D eigenvalue weighted by molar-refractivity contribution is 6.02. The number of nitrogens with zero attached hydrogens (tertiary/aromatic N) is 1. The van der Waals surface area contributed by atoms with Crippen LogP contribution < -0.4 is 16.8 Å². The van der Waals surface area contributed by atoms with Crippen LogP contribution in [0.1, 0.15) is 40.2 Å². The molecular formula is C19H22N4O. The number of nitrogens with two attached hydrogens (primary N) is 2. The summed E-state index contributed by atoms with van der Waals surface area (Å²) in [4.78, 5) is 15.8. The Morgan fingerprint density at radius 2 is 2.00 bits per heavy atom. The molecule has 5 N–H and O–H groups in total. The monoisotopic (exact) mass is 322 g/mol. The van der Waals surface area contributed by atoms with E-state index in [0.29, 0.717) is 22.7 Å². The first-order valence-corrected chi connectivity index (χ1v) is 8.18. The summed E-state index contributed by atoms with van der Waals surface area (Å²) in [6, 6.07) is 13.5. The molecule has 0 aromatic heterocycles. The highest BCUT2D eigenvalue weighted by Crippen LogP contribution is 2.25. The van der Waals surface area contributed by atoms with Crippen LogP contribution in [0.15, 0.2) is 47.5 Å². The van der Waals surface area contributed by atoms with Crippen LogP contribution in [-0.2, 0) is 0 Å². The van der Waals surface area contributed by atoms with Gasteiger partial charge in [-0.15, -0.1) is 0 Å². The van der Waals surface area contributed by atoms with Crippen molar-refractivity contribution in [3.05, 3.63) is 59.2 Å². The number of hydrogen-bond acceptors (Lipinski definition) is 4. The quantitative estimate of drug-likeness (QED) is 0.596. The molecule has 0 spiro atoms. The molecule has 1 atom stereocenters. The van der Waals surface area contributed by atoms with Gasteiger partial charge in [0, 0.05) is 18.3 Å². The Labute approximate surface area is 141 Å². The van der Waals surface area contributed by atoms with Crippen molar-refractivity contribution in [3.63, 3.8) is 0 Å². The Balaban J connectivity index is 1.75. The molecule has 1 amide bonds. The van der Waals surface area contributed by atoms with Crippen LogP contribution in [0.5, 0.6) is 0 Å². The number of hydrogen-bond donors (Lipinski definition) is 3. The summed E-state index contributed by atoms with van der Waals surface area (Å²) in [5, 5.41) is 3.43. The van der Waals surface area contributed by atoms with Crippen LogP contribution in [0.2, 0.25) is 0 Å². The number of para-hydroxylation sites is 1. The Bertz CT molecular complexity index is 746. The molecule has 5 nitrogen and oxygen atoms in total. The van der Waals surface area contributed by atoms with E-state index in [0.717, 1.165) is 18.8 Å². The molecule has 1 aliphatic heterocycles. The molecule has 2 aromatic rings. The summed E-state index contributed by atoms with van der Waals surface area (Å²) in [6.07, 6.45) is 4.12. The van der Waals surface area contributed by atoms with Crippen LogP contribution in [0.4, 0.5) is 11.4 Å². The molecule has 1 heterocycles. The van der Waals surface area contributed by atoms with E-state index >= 15 is 0 Å². The average molecular weight is 322 g/mol. The van der Waals surface area contributed by atoms with Crippen molar-refractivity contribution in [3.8, 4) is 0 Å². The average Bonchev–Trinajstić information content (AvgIpc) is 2.62. The molecular weight excluding hydrogens is 300 g/mol. The molecule has 0 radical (unpaired) electrons. The number of piperidine rings is 1. The van der Waals surface area contributed by atoms with Crippen molar-refractivity contribution in [1.82, 2.24) is 5.32 Å². The van der Waals surface area contributed by atoms with Gasteiger partial charge < -0.3 is 16.8 Å². The molecule has 0 saturated carbocycles. The van der Waals surface area contributed by atoms with Gasteiger partial charge in [0.15, 0.2) is 0 Å². The summed E-state index contributed by atoms with van der Waals surface area (Å²) in [6.45, 7) is 2.16. The maximum atomic E-state index is 11.3. The zero-order valence-corrected chi connectivity index (χ0v) is 13.5. The SMILES string of the molecule is NC(=O)c1cccc(/C=N/c2ccc([C@@H]3CCCNC3)cc2)c1N. The van der Waals surface area contributed by atoms with Gasteiger partial charge in [0.1, 0.15) is 0 Å². The summed E-state index contributed by atoms with van der Waals surface area (Å²) in [5.74, 6) is 0.0490. The molecule has 1 fully saturated rings. The molecule has 0 aliphatic carbocycles. The Morgan fingerprint density at radius 3 is 2.67 bits per heavy atom. The number of rotatable bonds is 4. The number of aliphatic imine (C=N–C) groups is 1. The Morgan fingerprint density at radius 1 is 1.21 bits per heavy atom. The summed E-state index contributed by atoms with van der Waals surface area (Å²) in [7, 11) is 0. The van der Waals surface area contributed by atoms with Crippen LogP contribution in [0, 0.1) is 0 Å². The predicted octanol–water partition coefficient (Wildman–Crippen LogP) is 2.59. The van der Waals surface area contributed by atoms with Gasteiger partial charge in [-0.05, 0) is 49.1 Å². The number of anilines is 1. The maximum absolute atomic E-state index is 11.3. The third-order valence-electron chi connectivity index (χ3n) is 4.42. The van der Waals surface area contributed by atoms with Crippen molar-refractivity contribution in [2.75, 3.05) is 18.8 Å². The third-order valence-corrected chi connectivity index (χ3v) is 4.42. The van der Waals surface area contributed by atoms with Gasteiger partial charge in [-0.3, -0.25) is 9.79 Å². The van der Waals surface area contributed by atoms with E-state index in [1.54, 1.807) is 18.3 Å². The van der Waals surface area contributed by atoms with Gasteiger partial charge in [-0.25, -0.2) is 0 Å². The Kier molecular flexibility index (Phi) is 4.91. The molecule has 24 heavy (non-hydrogen) atoms. The number of nitrogens with one attached hydrogen (secondary N) is 1. The number of amides is 1. The van der Waals surface area contributed by atoms with Gasteiger partial charge in [-0.1, -0.05) is 24.3 Å². The lowest BCUT2D eigenvalue weighted by atomic mass is 9.92. The van der Waals surface area contributed by atoms with E-state index in [1.807, 2.05) is 18.2 Å². The first kappa shape index (κ1) is 16.2. The van der Waals surface area contributed by atoms with Crippen LogP contribution in [0.25, 0.3) is 0 Å². The molecule has 1 aliphatic rings. The fraction of sp³-hybridized carbons (Fsp3) is 0.263. The largest absolute Gasteiger partial charge is 0.398 e. The highest BCUT2D eigenvalue weighted by atomic mass is 16.1. The second-order valence-electron chi connectivity index (χ2n) is 6.07. The molecule has 3 rings (SSSR count). The van der Waals surface area contributed by atoms with Gasteiger partial charge in [0.05, 0.1) is 16.9 Å². The second-order valence-corrected chi connectivity index (χ2v) is 6.07. The van der Waals surface area contributed by atoms with E-state index in [4.69, 9.17) is 11.5 Å². The van der Waals surface area contributed by atoms with Crippen molar-refractivity contribution in [1.29, 1.82) is 0 Å². The van der Waals surface area contributed by atoms with Crippen LogP contribution in [0.3, 0.4) is 0 Å². The fourth-order valence-corrected chi connectivity index (χ4v) is 3.02. The standard InChI is InChI=1S/C19H22N4O/c20-18-15(3-1-5-17(18)19(21)24)12-23-16-8-6-13(7-9-16)14-4-2-10-22-11-14/h1,3,5-9,12,14,22H,2,4,10-11,20H2,(H2,21,24)/b23-12+/t14-/m1/s1. The minimum atomic E-state index is -0.534. The minimum absolute atomic E-state index is 0.319. The summed E-state index contributed by atoms with van der Waals surface area (Å²) in [5.41, 5.74) is 14.8. The molecule has 124 valence electrons. The van der Waals surface area contributed by atoms with E-state index in [-0.39, 0.29) is 0 Å². The van der Waals surface area contributed by atoms with Gasteiger partial charge in [-0.2, -0.15) is 0 Å². The highest BCUT2D eigenvalue weighted by Gasteiger charge is 2.14. The smallest absolute Gasteiger partial charge is 0.250 e. The van der Waals surface area contributed by atoms with Crippen molar-refractivity contribution in [2.24, 2.45) is 10.7 Å². The Hall–Kier alpha value is -2.66. The fourth-order valence-electron chi connectivity index (χ4n) is 3.02. The van der Waals surface area contributed by atoms with E-state index in [9.17, 15) is 4.79 Å². The van der Waals surface area contributed by atoms with Crippen LogP contribution in [-0.4, -0.2) is 25.2 Å². The lowest BCUT2D eigenvalue weighted by molar-refractivity contribution is 0.100. The molecule has 0 unspecified atom stereocenters. The number of carbonyl (C=O) groups excluding carboxylic acids is 1. The van der Waals surface area contributed by atoms with Crippen molar-refractivity contribution in [2.45, 2.75) is 18.8 Å². The molecule has 5 heteroatoms. The first-order valence-electron chi connectivity index (χ1n) is 8.18. The molecule has 1 saturated heterocycles. The zero-order chi connectivity index (χ0) is 16.9. The first-order chi connectivity index (χ1) is 11.6. The van der Waals surface area contributed by atoms with Gasteiger partial charge >= 0.3 is 0 Å². The minimum Gasteiger partial charge on any atom is -0.398 e. The lowest BCUT2D eigenvalue weighted by Crippen LogP contribution is -2.28. The third kappa shape index (κ3) is 3.63. The number of nitrogen functional groups attached to an aromatic ring is 1. The summed E-state index contributed by atoms with van der Waals surface area (Å²) >= 11 is 0. The normalized spacial score (nSPS) is 17.9. The van der Waals surface area contributed by atoms with Crippen molar-refractivity contribution >= 4 is 23.5 Å². The lowest BCUT2D eigenvalue weighted by Gasteiger charge is -2.23. The second kappa shape index (κ2) is 7.27. The van der Waals surface area contributed by atoms with Crippen molar-refractivity contribution < 1.29 is 4.79 Å². The topological polar surface area (TPSA) is 93.5 Å². The molecule has 2 aromatic carbocycles. The van der Waals surface area contributed by atoms with E-state index in [1.165, 1.54) is 18.4 Å². The number of primary amides is 1. The predicted molar refractivity (Wildman–Crippen MR) is 97.9 cm³/mol. The van der Waals surface area contributed by atoms with Crippen LogP contribution >= 0.6 is 0 Å². The van der Waals surface area contributed by atoms with Gasteiger partial charge in [0.25, 0.3) is 5.91 Å².